The zero-order valence-electron chi connectivity index (χ0n) is 12.8. The second-order valence-electron chi connectivity index (χ2n) is 6.42. The number of likely N-dealkylation sites (tertiary alicyclic amines) is 2. The Hall–Kier alpha value is -1.13. The summed E-state index contributed by atoms with van der Waals surface area (Å²) in [6.07, 6.45) is 5.18. The molecule has 0 aliphatic carbocycles. The highest BCUT2D eigenvalue weighted by molar-refractivity contribution is 5.29. The second kappa shape index (κ2) is 6.32. The highest BCUT2D eigenvalue weighted by Gasteiger charge is 2.31. The Morgan fingerprint density at radius 1 is 1.19 bits per heavy atom. The SMILES string of the molecule is CC(c1ccc(O)cc1F)N1CCC(N2CCCCC2)C1. The molecule has 2 heterocycles. The monoisotopic (exact) mass is 292 g/mol. The van der Waals surface area contributed by atoms with E-state index in [2.05, 4.69) is 16.7 Å². The molecular weight excluding hydrogens is 267 g/mol. The van der Waals surface area contributed by atoms with E-state index in [1.165, 1.54) is 44.8 Å². The summed E-state index contributed by atoms with van der Waals surface area (Å²) in [4.78, 5) is 4.98. The molecule has 116 valence electrons. The Morgan fingerprint density at radius 2 is 1.95 bits per heavy atom. The Morgan fingerprint density at radius 3 is 2.67 bits per heavy atom. The predicted octanol–water partition coefficient (Wildman–Crippen LogP) is 3.15. The lowest BCUT2D eigenvalue weighted by Gasteiger charge is -2.33. The summed E-state index contributed by atoms with van der Waals surface area (Å²) in [6.45, 7) is 6.57. The van der Waals surface area contributed by atoms with Crippen LogP contribution in [0.4, 0.5) is 4.39 Å². The zero-order chi connectivity index (χ0) is 14.8. The van der Waals surface area contributed by atoms with Crippen molar-refractivity contribution >= 4 is 0 Å². The van der Waals surface area contributed by atoms with E-state index in [9.17, 15) is 9.50 Å². The third-order valence-electron chi connectivity index (χ3n) is 5.08. The van der Waals surface area contributed by atoms with Crippen molar-refractivity contribution in [3.05, 3.63) is 29.6 Å². The van der Waals surface area contributed by atoms with Crippen LogP contribution in [0.2, 0.25) is 0 Å². The third-order valence-corrected chi connectivity index (χ3v) is 5.08. The quantitative estimate of drug-likeness (QED) is 0.927. The van der Waals surface area contributed by atoms with Gasteiger partial charge in [-0.25, -0.2) is 4.39 Å². The van der Waals surface area contributed by atoms with Crippen LogP contribution in [0.15, 0.2) is 18.2 Å². The van der Waals surface area contributed by atoms with Crippen LogP contribution in [-0.4, -0.2) is 47.1 Å². The van der Waals surface area contributed by atoms with Crippen LogP contribution in [-0.2, 0) is 0 Å². The lowest BCUT2D eigenvalue weighted by molar-refractivity contribution is 0.154. The molecule has 2 aliphatic heterocycles. The zero-order valence-corrected chi connectivity index (χ0v) is 12.8. The maximum Gasteiger partial charge on any atom is 0.131 e. The molecule has 1 aromatic carbocycles. The minimum atomic E-state index is -0.302. The van der Waals surface area contributed by atoms with Crippen LogP contribution in [0.25, 0.3) is 0 Å². The molecule has 2 aliphatic rings. The minimum Gasteiger partial charge on any atom is -0.508 e. The lowest BCUT2D eigenvalue weighted by Crippen LogP contribution is -2.41. The molecule has 1 aromatic rings. The molecule has 4 heteroatoms. The van der Waals surface area contributed by atoms with Gasteiger partial charge in [0.05, 0.1) is 0 Å². The van der Waals surface area contributed by atoms with Crippen molar-refractivity contribution < 1.29 is 9.50 Å². The second-order valence-corrected chi connectivity index (χ2v) is 6.42. The van der Waals surface area contributed by atoms with Crippen LogP contribution in [0.5, 0.6) is 5.75 Å². The molecule has 3 rings (SSSR count). The van der Waals surface area contributed by atoms with Gasteiger partial charge in [0.1, 0.15) is 11.6 Å². The van der Waals surface area contributed by atoms with E-state index in [4.69, 9.17) is 0 Å². The lowest BCUT2D eigenvalue weighted by atomic mass is 10.1. The summed E-state index contributed by atoms with van der Waals surface area (Å²) in [5.41, 5.74) is 0.687. The van der Waals surface area contributed by atoms with Gasteiger partial charge in [0.25, 0.3) is 0 Å². The molecule has 0 spiro atoms. The molecular formula is C17H25FN2O. The normalized spacial score (nSPS) is 26.1. The molecule has 1 N–H and O–H groups in total. The Balaban J connectivity index is 1.64. The number of phenols is 1. The third kappa shape index (κ3) is 3.22. The molecule has 2 atom stereocenters. The molecule has 21 heavy (non-hydrogen) atoms. The van der Waals surface area contributed by atoms with Crippen LogP contribution in [0.3, 0.4) is 0 Å². The maximum absolute atomic E-state index is 14.0. The van der Waals surface area contributed by atoms with Gasteiger partial charge in [0.2, 0.25) is 0 Å². The van der Waals surface area contributed by atoms with Crippen molar-refractivity contribution in [3.63, 3.8) is 0 Å². The topological polar surface area (TPSA) is 26.7 Å². The fraction of sp³-hybridized carbons (Fsp3) is 0.647. The average molecular weight is 292 g/mol. The first-order valence-corrected chi connectivity index (χ1v) is 8.11. The molecule has 0 amide bonds. The number of hydrogen-bond acceptors (Lipinski definition) is 3. The first-order valence-electron chi connectivity index (χ1n) is 8.11. The van der Waals surface area contributed by atoms with Gasteiger partial charge in [0.15, 0.2) is 0 Å². The van der Waals surface area contributed by atoms with Gasteiger partial charge in [-0.1, -0.05) is 12.5 Å². The molecule has 0 aromatic heterocycles. The number of aromatic hydroxyl groups is 1. The van der Waals surface area contributed by atoms with Crippen LogP contribution < -0.4 is 0 Å². The van der Waals surface area contributed by atoms with E-state index in [1.54, 1.807) is 12.1 Å². The summed E-state index contributed by atoms with van der Waals surface area (Å²) in [6, 6.07) is 5.20. The number of halogens is 1. The van der Waals surface area contributed by atoms with E-state index >= 15 is 0 Å². The standard InChI is InChI=1S/C17H25FN2O/c1-13(16-6-5-15(21)11-17(16)18)20-10-7-14(12-20)19-8-3-2-4-9-19/h5-6,11,13-14,21H,2-4,7-10,12H2,1H3. The highest BCUT2D eigenvalue weighted by Crippen LogP contribution is 2.30. The first-order chi connectivity index (χ1) is 10.1. The molecule has 0 radical (unpaired) electrons. The van der Waals surface area contributed by atoms with Gasteiger partial charge in [-0.15, -0.1) is 0 Å². The Labute approximate surface area is 126 Å². The number of piperidine rings is 1. The van der Waals surface area contributed by atoms with Gasteiger partial charge >= 0.3 is 0 Å². The molecule has 2 saturated heterocycles. The molecule has 3 nitrogen and oxygen atoms in total. The molecule has 0 saturated carbocycles. The maximum atomic E-state index is 14.0. The predicted molar refractivity (Wildman–Crippen MR) is 81.9 cm³/mol. The van der Waals surface area contributed by atoms with Crippen molar-refractivity contribution in [3.8, 4) is 5.75 Å². The Kier molecular flexibility index (Phi) is 4.45. The largest absolute Gasteiger partial charge is 0.508 e. The number of hydrogen-bond donors (Lipinski definition) is 1. The van der Waals surface area contributed by atoms with Crippen LogP contribution >= 0.6 is 0 Å². The molecule has 0 bridgehead atoms. The van der Waals surface area contributed by atoms with E-state index in [0.717, 1.165) is 13.1 Å². The number of phenolic OH excluding ortho intramolecular Hbond substituents is 1. The summed E-state index contributed by atoms with van der Waals surface area (Å²) < 4.78 is 14.0. The van der Waals surface area contributed by atoms with Gasteiger partial charge in [-0.3, -0.25) is 9.80 Å². The van der Waals surface area contributed by atoms with E-state index < -0.39 is 0 Å². The van der Waals surface area contributed by atoms with Gasteiger partial charge < -0.3 is 5.11 Å². The fourth-order valence-corrected chi connectivity index (χ4v) is 3.75. The van der Waals surface area contributed by atoms with Gasteiger partial charge in [-0.05, 0) is 45.3 Å². The summed E-state index contributed by atoms with van der Waals surface area (Å²) in [5, 5.41) is 9.34. The van der Waals surface area contributed by atoms with E-state index in [-0.39, 0.29) is 17.6 Å². The van der Waals surface area contributed by atoms with Crippen molar-refractivity contribution in [1.82, 2.24) is 9.80 Å². The summed E-state index contributed by atoms with van der Waals surface area (Å²) in [7, 11) is 0. The first kappa shape index (κ1) is 14.8. The number of rotatable bonds is 3. The minimum absolute atomic E-state index is 0.00364. The Bertz CT molecular complexity index is 488. The molecule has 2 fully saturated rings. The van der Waals surface area contributed by atoms with Crippen molar-refractivity contribution in [2.45, 2.75) is 44.7 Å². The van der Waals surface area contributed by atoms with Crippen LogP contribution in [0.1, 0.15) is 44.2 Å². The fourth-order valence-electron chi connectivity index (χ4n) is 3.75. The van der Waals surface area contributed by atoms with E-state index in [1.807, 2.05) is 0 Å². The summed E-state index contributed by atoms with van der Waals surface area (Å²) >= 11 is 0. The van der Waals surface area contributed by atoms with Gasteiger partial charge in [0, 0.05) is 36.8 Å². The smallest absolute Gasteiger partial charge is 0.131 e. The number of benzene rings is 1. The van der Waals surface area contributed by atoms with Crippen molar-refractivity contribution in [2.75, 3.05) is 26.2 Å². The van der Waals surface area contributed by atoms with Crippen molar-refractivity contribution in [2.24, 2.45) is 0 Å². The van der Waals surface area contributed by atoms with E-state index in [0.29, 0.717) is 11.6 Å². The highest BCUT2D eigenvalue weighted by atomic mass is 19.1. The molecule has 2 unspecified atom stereocenters. The summed E-state index contributed by atoms with van der Waals surface area (Å²) in [5.74, 6) is -0.306. The average Bonchev–Trinajstić information content (AvgIpc) is 2.97. The van der Waals surface area contributed by atoms with Gasteiger partial charge in [-0.2, -0.15) is 0 Å². The van der Waals surface area contributed by atoms with Crippen LogP contribution in [0, 0.1) is 5.82 Å². The van der Waals surface area contributed by atoms with Crippen molar-refractivity contribution in [1.29, 1.82) is 0 Å². The number of nitrogens with zero attached hydrogens (tertiary/aromatic N) is 2.